The second-order valence-corrected chi connectivity index (χ2v) is 8.12. The Kier molecular flexibility index (Phi) is 6.20. The largest absolute Gasteiger partial charge is 0.504 e. The topological polar surface area (TPSA) is 76.7 Å². The second kappa shape index (κ2) is 8.45. The monoisotopic (exact) mass is 507 g/mol. The van der Waals surface area contributed by atoms with Crippen LogP contribution in [0.5, 0.6) is 11.5 Å². The van der Waals surface area contributed by atoms with Gasteiger partial charge in [-0.2, -0.15) is 9.78 Å². The molecule has 8 heteroatoms. The Morgan fingerprint density at radius 3 is 2.75 bits per heavy atom. The maximum atomic E-state index is 13.1. The van der Waals surface area contributed by atoms with E-state index in [-0.39, 0.29) is 17.2 Å². The Hall–Kier alpha value is -2.19. The van der Waals surface area contributed by atoms with Crippen LogP contribution in [-0.2, 0) is 0 Å². The third-order valence-electron chi connectivity index (χ3n) is 4.50. The molecule has 0 aliphatic rings. The summed E-state index contributed by atoms with van der Waals surface area (Å²) in [7, 11) is 1.47. The van der Waals surface area contributed by atoms with Crippen molar-refractivity contribution in [1.82, 2.24) is 9.66 Å². The van der Waals surface area contributed by atoms with Crippen LogP contribution < -0.4 is 10.3 Å². The van der Waals surface area contributed by atoms with Gasteiger partial charge in [0.15, 0.2) is 11.5 Å². The first-order chi connectivity index (χ1) is 13.3. The van der Waals surface area contributed by atoms with E-state index < -0.39 is 0 Å². The summed E-state index contributed by atoms with van der Waals surface area (Å²) in [6.45, 7) is 4.05. The third kappa shape index (κ3) is 3.98. The molecule has 0 saturated heterocycles. The van der Waals surface area contributed by atoms with Gasteiger partial charge in [0, 0.05) is 20.4 Å². The number of fused-ring (bicyclic) bond motifs is 1. The summed E-state index contributed by atoms with van der Waals surface area (Å²) in [5.41, 5.74) is 1.06. The van der Waals surface area contributed by atoms with Gasteiger partial charge in [0.1, 0.15) is 5.82 Å². The average molecular weight is 509 g/mol. The minimum Gasteiger partial charge on any atom is -0.504 e. The van der Waals surface area contributed by atoms with Gasteiger partial charge in [0.25, 0.3) is 5.56 Å². The first-order valence-corrected chi connectivity index (χ1v) is 10.3. The molecule has 6 nitrogen and oxygen atoms in total. The molecule has 1 heterocycles. The van der Waals surface area contributed by atoms with Crippen molar-refractivity contribution < 1.29 is 9.84 Å². The van der Waals surface area contributed by atoms with Crippen molar-refractivity contribution in [2.45, 2.75) is 26.2 Å². The normalized spacial score (nSPS) is 12.6. The number of halogens is 2. The van der Waals surface area contributed by atoms with Crippen molar-refractivity contribution in [2.75, 3.05) is 7.11 Å². The number of phenolic OH excluding ortho intramolecular Hbond substituents is 1. The molecule has 3 aromatic rings. The lowest BCUT2D eigenvalue weighted by molar-refractivity contribution is 0.373. The zero-order valence-corrected chi connectivity index (χ0v) is 18.8. The Morgan fingerprint density at radius 2 is 2.07 bits per heavy atom. The summed E-state index contributed by atoms with van der Waals surface area (Å²) in [4.78, 5) is 17.8. The van der Waals surface area contributed by atoms with Crippen molar-refractivity contribution in [3.05, 3.63) is 61.0 Å². The van der Waals surface area contributed by atoms with E-state index in [0.717, 1.165) is 10.9 Å². The number of ether oxygens (including phenoxy) is 1. The first-order valence-electron chi connectivity index (χ1n) is 8.68. The fraction of sp³-hybridized carbons (Fsp3) is 0.250. The molecule has 3 rings (SSSR count). The van der Waals surface area contributed by atoms with Crippen molar-refractivity contribution >= 4 is 49.0 Å². The number of rotatable bonds is 5. The van der Waals surface area contributed by atoms with Crippen LogP contribution in [0.25, 0.3) is 10.9 Å². The Balaban J connectivity index is 2.20. The van der Waals surface area contributed by atoms with Crippen LogP contribution in [-0.4, -0.2) is 28.1 Å². The van der Waals surface area contributed by atoms with Gasteiger partial charge in [-0.1, -0.05) is 29.8 Å². The highest BCUT2D eigenvalue weighted by Crippen LogP contribution is 2.31. The van der Waals surface area contributed by atoms with Crippen LogP contribution in [0, 0.1) is 0 Å². The van der Waals surface area contributed by atoms with E-state index in [0.29, 0.717) is 32.5 Å². The molecule has 0 unspecified atom stereocenters. The third-order valence-corrected chi connectivity index (χ3v) is 5.68. The number of hydrogen-bond acceptors (Lipinski definition) is 5. The lowest BCUT2D eigenvalue weighted by Crippen LogP contribution is -2.23. The highest BCUT2D eigenvalue weighted by molar-refractivity contribution is 9.10. The van der Waals surface area contributed by atoms with Gasteiger partial charge >= 0.3 is 0 Å². The van der Waals surface area contributed by atoms with Gasteiger partial charge in [-0.3, -0.25) is 4.79 Å². The molecular formula is C20H19Br2N3O3. The lowest BCUT2D eigenvalue weighted by atomic mass is 10.1. The van der Waals surface area contributed by atoms with Crippen LogP contribution >= 0.6 is 31.9 Å². The van der Waals surface area contributed by atoms with E-state index >= 15 is 0 Å². The van der Waals surface area contributed by atoms with Gasteiger partial charge in [-0.15, -0.1) is 0 Å². The predicted molar refractivity (Wildman–Crippen MR) is 118 cm³/mol. The highest BCUT2D eigenvalue weighted by Gasteiger charge is 2.16. The molecule has 28 heavy (non-hydrogen) atoms. The van der Waals surface area contributed by atoms with Gasteiger partial charge < -0.3 is 9.84 Å². The van der Waals surface area contributed by atoms with Gasteiger partial charge in [-0.05, 0) is 52.7 Å². The number of aromatic hydroxyl groups is 1. The summed E-state index contributed by atoms with van der Waals surface area (Å²) < 4.78 is 7.92. The quantitative estimate of drug-likeness (QED) is 0.490. The molecule has 0 amide bonds. The molecule has 0 spiro atoms. The molecule has 146 valence electrons. The Labute approximate surface area is 179 Å². The minimum absolute atomic E-state index is 0.0150. The van der Waals surface area contributed by atoms with E-state index in [9.17, 15) is 9.90 Å². The van der Waals surface area contributed by atoms with E-state index in [1.165, 1.54) is 17.9 Å². The van der Waals surface area contributed by atoms with Crippen LogP contribution in [0.15, 0.2) is 49.2 Å². The molecule has 2 aromatic carbocycles. The molecule has 0 fully saturated rings. The number of benzene rings is 2. The number of nitrogens with zero attached hydrogens (tertiary/aromatic N) is 3. The smallest absolute Gasteiger partial charge is 0.282 e. The van der Waals surface area contributed by atoms with Gasteiger partial charge in [0.05, 0.1) is 24.2 Å². The van der Waals surface area contributed by atoms with Crippen LogP contribution in [0.1, 0.15) is 37.6 Å². The van der Waals surface area contributed by atoms with Crippen LogP contribution in [0.2, 0.25) is 0 Å². The molecule has 0 bridgehead atoms. The van der Waals surface area contributed by atoms with E-state index in [1.54, 1.807) is 18.3 Å². The number of aromatic nitrogens is 2. The Bertz CT molecular complexity index is 1130. The summed E-state index contributed by atoms with van der Waals surface area (Å²) >= 11 is 6.80. The second-order valence-electron chi connectivity index (χ2n) is 6.35. The first kappa shape index (κ1) is 20.5. The summed E-state index contributed by atoms with van der Waals surface area (Å²) in [6, 6.07) is 8.59. The molecule has 0 saturated carbocycles. The molecule has 0 aliphatic carbocycles. The summed E-state index contributed by atoms with van der Waals surface area (Å²) in [5.74, 6) is 0.983. The maximum Gasteiger partial charge on any atom is 0.282 e. The van der Waals surface area contributed by atoms with Gasteiger partial charge in [-0.25, -0.2) is 4.98 Å². The SMILES string of the molecule is CC[C@H](C)c1nc2ccc(Br)cc2c(=O)n1N=Cc1cc(OC)c(O)cc1Br. The minimum atomic E-state index is -0.236. The zero-order chi connectivity index (χ0) is 20.4. The average Bonchev–Trinajstić information content (AvgIpc) is 2.68. The lowest BCUT2D eigenvalue weighted by Gasteiger charge is -2.14. The van der Waals surface area contributed by atoms with Crippen molar-refractivity contribution in [3.8, 4) is 11.5 Å². The molecule has 0 radical (unpaired) electrons. The molecule has 0 aliphatic heterocycles. The standard InChI is InChI=1S/C20H19Br2N3O3/c1-4-11(2)19-24-16-6-5-13(21)8-14(16)20(27)25(19)23-10-12-7-18(28-3)17(26)9-15(12)22/h5-11,26H,4H2,1-3H3/t11-/m0/s1. The van der Waals surface area contributed by atoms with E-state index in [1.807, 2.05) is 26.0 Å². The maximum absolute atomic E-state index is 13.1. The molecule has 1 atom stereocenters. The molecule has 1 N–H and O–H groups in total. The van der Waals surface area contributed by atoms with Crippen LogP contribution in [0.4, 0.5) is 0 Å². The van der Waals surface area contributed by atoms with Crippen LogP contribution in [0.3, 0.4) is 0 Å². The number of hydrogen-bond donors (Lipinski definition) is 1. The fourth-order valence-corrected chi connectivity index (χ4v) is 3.51. The van der Waals surface area contributed by atoms with Crippen molar-refractivity contribution in [1.29, 1.82) is 0 Å². The van der Waals surface area contributed by atoms with E-state index in [4.69, 9.17) is 4.74 Å². The molecule has 1 aromatic heterocycles. The number of phenols is 1. The highest BCUT2D eigenvalue weighted by atomic mass is 79.9. The van der Waals surface area contributed by atoms with E-state index in [2.05, 4.69) is 41.9 Å². The van der Waals surface area contributed by atoms with Crippen molar-refractivity contribution in [2.24, 2.45) is 5.10 Å². The molecular weight excluding hydrogens is 490 g/mol. The predicted octanol–water partition coefficient (Wildman–Crippen LogP) is 5.03. The zero-order valence-electron chi connectivity index (χ0n) is 15.6. The summed E-state index contributed by atoms with van der Waals surface area (Å²) in [6.07, 6.45) is 2.37. The number of methoxy groups -OCH3 is 1. The Morgan fingerprint density at radius 1 is 1.32 bits per heavy atom. The summed E-state index contributed by atoms with van der Waals surface area (Å²) in [5, 5.41) is 14.8. The van der Waals surface area contributed by atoms with Gasteiger partial charge in [0.2, 0.25) is 0 Å². The fourth-order valence-electron chi connectivity index (χ4n) is 2.72. The van der Waals surface area contributed by atoms with Crippen molar-refractivity contribution in [3.63, 3.8) is 0 Å².